The molecule has 0 aromatic heterocycles. The molecule has 2 fully saturated rings. The van der Waals surface area contributed by atoms with Gasteiger partial charge in [0, 0.05) is 0 Å². The average Bonchev–Trinajstić information content (AvgIpc) is 3.98. The fraction of sp³-hybridized carbons (Fsp3) is 0.725. The first kappa shape index (κ1) is 80.3. The molecular weight excluding hydrogens is 833 g/mol. The van der Waals surface area contributed by atoms with E-state index in [1.54, 1.807) is 20.8 Å². The summed E-state index contributed by atoms with van der Waals surface area (Å²) in [5.74, 6) is -1.45. The van der Waals surface area contributed by atoms with Crippen molar-refractivity contribution in [2.75, 3.05) is 19.8 Å². The number of allylic oxidation sites excluding steroid dienone is 2. The van der Waals surface area contributed by atoms with Crippen LogP contribution in [0, 0.1) is 18.2 Å². The van der Waals surface area contributed by atoms with E-state index in [-0.39, 0.29) is 175 Å². The van der Waals surface area contributed by atoms with Crippen molar-refractivity contribution in [3.8, 4) is 0 Å². The summed E-state index contributed by atoms with van der Waals surface area (Å²) in [7, 11) is 0. The molecule has 0 unspecified atom stereocenters. The molecule has 0 aromatic rings. The molecule has 0 radical (unpaired) electrons. The third-order valence-corrected chi connectivity index (χ3v) is 4.67. The van der Waals surface area contributed by atoms with E-state index in [4.69, 9.17) is 0 Å². The SMILES string of the molecule is C1=CCCC1.C1CCCC1.C1CCCC1.C=[C-]C(=O)OCC.C=[C-]C(=O)OCC.C=[C-]C(=O)OCC.CC.CC.CC.CC.CC.[Rb+].[Rb+].[Rb+]. The number of ether oxygens (including phenoxy) is 3. The van der Waals surface area contributed by atoms with Crippen LogP contribution in [-0.4, -0.2) is 37.7 Å². The van der Waals surface area contributed by atoms with Gasteiger partial charge >= 0.3 is 175 Å². The Morgan fingerprint density at radius 3 is 0.653 bits per heavy atom. The molecule has 3 aliphatic rings. The molecule has 0 saturated heterocycles. The third-order valence-electron chi connectivity index (χ3n) is 4.67. The Morgan fingerprint density at radius 2 is 0.592 bits per heavy atom. The number of carbonyl (C=O) groups excluding carboxylic acids is 3. The molecule has 0 bridgehead atoms. The third kappa shape index (κ3) is 112. The van der Waals surface area contributed by atoms with Crippen LogP contribution in [0.5, 0.6) is 0 Å². The Morgan fingerprint density at radius 1 is 0.429 bits per heavy atom. The molecule has 0 atom stereocenters. The molecule has 2 saturated carbocycles. The van der Waals surface area contributed by atoms with Gasteiger partial charge < -0.3 is 32.4 Å². The van der Waals surface area contributed by atoms with Gasteiger partial charge in [0.25, 0.3) is 0 Å². The summed E-state index contributed by atoms with van der Waals surface area (Å²) in [6.07, 6.45) is 29.7. The minimum absolute atomic E-state index is 0. The average molecular weight is 912 g/mol. The molecule has 0 heterocycles. The Balaban J connectivity index is -0.0000000370. The number of hydrogen-bond acceptors (Lipinski definition) is 6. The minimum Gasteiger partial charge on any atom is -0.490 e. The van der Waals surface area contributed by atoms with E-state index in [9.17, 15) is 14.4 Å². The molecule has 0 amide bonds. The molecule has 3 rings (SSSR count). The summed E-state index contributed by atoms with van der Waals surface area (Å²) in [6.45, 7) is 35.6. The Labute approximate surface area is 455 Å². The minimum atomic E-state index is -0.484. The first-order valence-electron chi connectivity index (χ1n) is 18.2. The van der Waals surface area contributed by atoms with Crippen molar-refractivity contribution >= 4 is 17.9 Å². The Bertz CT molecular complexity index is 507. The number of rotatable bonds is 6. The van der Waals surface area contributed by atoms with Crippen LogP contribution in [0.3, 0.4) is 0 Å². The largest absolute Gasteiger partial charge is 1.00 e. The van der Waals surface area contributed by atoms with Crippen LogP contribution in [0.2, 0.25) is 0 Å². The van der Waals surface area contributed by atoms with Crippen LogP contribution in [0.4, 0.5) is 0 Å². The van der Waals surface area contributed by atoms with Crippen LogP contribution in [0.1, 0.15) is 173 Å². The quantitative estimate of drug-likeness (QED) is 0.134. The van der Waals surface area contributed by atoms with Crippen LogP contribution in [-0.2, 0) is 28.6 Å². The summed E-state index contributed by atoms with van der Waals surface area (Å²) in [5, 5.41) is 0. The van der Waals surface area contributed by atoms with Crippen molar-refractivity contribution in [3.05, 3.63) is 50.1 Å². The van der Waals surface area contributed by atoms with Gasteiger partial charge in [-0.2, -0.15) is 0 Å². The number of esters is 3. The van der Waals surface area contributed by atoms with Crippen molar-refractivity contribution in [2.24, 2.45) is 0 Å². The van der Waals surface area contributed by atoms with Crippen LogP contribution in [0.25, 0.3) is 0 Å². The van der Waals surface area contributed by atoms with Crippen molar-refractivity contribution in [2.45, 2.75) is 173 Å². The van der Waals surface area contributed by atoms with E-state index < -0.39 is 17.9 Å². The zero-order valence-corrected chi connectivity index (χ0v) is 50.8. The summed E-state index contributed by atoms with van der Waals surface area (Å²) >= 11 is 0. The molecule has 278 valence electrons. The summed E-state index contributed by atoms with van der Waals surface area (Å²) < 4.78 is 13.1. The van der Waals surface area contributed by atoms with E-state index in [1.165, 1.54) is 83.5 Å². The van der Waals surface area contributed by atoms with Crippen molar-refractivity contribution in [1.29, 1.82) is 0 Å². The summed E-state index contributed by atoms with van der Waals surface area (Å²) in [4.78, 5) is 30.0. The van der Waals surface area contributed by atoms with Gasteiger partial charge in [-0.05, 0) is 40.0 Å². The molecule has 3 aliphatic carbocycles. The normalized spacial score (nSPS) is 10.9. The molecule has 6 nitrogen and oxygen atoms in total. The summed E-state index contributed by atoms with van der Waals surface area (Å²) in [5.41, 5.74) is 0. The Kier molecular flexibility index (Phi) is 161. The number of carbonyl (C=O) groups is 3. The predicted molar refractivity (Wildman–Crippen MR) is 202 cm³/mol. The van der Waals surface area contributed by atoms with E-state index in [0.717, 1.165) is 0 Å². The van der Waals surface area contributed by atoms with E-state index in [2.05, 4.69) is 64.3 Å². The van der Waals surface area contributed by atoms with Gasteiger partial charge in [-0.1, -0.05) is 146 Å². The van der Waals surface area contributed by atoms with Gasteiger partial charge in [-0.15, -0.1) is 0 Å². The monoisotopic (exact) mass is 910 g/mol. The molecule has 49 heavy (non-hydrogen) atoms. The molecule has 0 aromatic carbocycles. The van der Waals surface area contributed by atoms with Crippen molar-refractivity contribution in [1.82, 2.24) is 0 Å². The van der Waals surface area contributed by atoms with E-state index in [1.807, 2.05) is 69.2 Å². The second-order valence-corrected chi connectivity index (χ2v) is 7.63. The first-order chi connectivity index (χ1) is 22.4. The van der Waals surface area contributed by atoms with Gasteiger partial charge in [0.2, 0.25) is 0 Å². The first-order valence-corrected chi connectivity index (χ1v) is 18.2. The standard InChI is InChI=1S/3C5H7O2.2C5H10.C5H8.5C2H6.3Rb/c3*1-3-5(6)7-4-2;3*1-2-4-5-3-1;5*1-2;;;/h3*1,4H2,2H3;2*1-5H2;1-2H,3-5H2;5*1-2H3;;;/q3*-1;;;;;;;;;3*+1. The maximum atomic E-state index is 10.0. The van der Waals surface area contributed by atoms with Crippen molar-refractivity contribution in [3.63, 3.8) is 0 Å². The Hall–Kier alpha value is 2.79. The van der Waals surface area contributed by atoms with Gasteiger partial charge in [0.1, 0.15) is 17.9 Å². The van der Waals surface area contributed by atoms with Gasteiger partial charge in [0.15, 0.2) is 0 Å². The molecule has 0 N–H and O–H groups in total. The second kappa shape index (κ2) is 98.3. The van der Waals surface area contributed by atoms with Gasteiger partial charge in [-0.25, -0.2) is 0 Å². The number of hydrogen-bond donors (Lipinski definition) is 0. The molecule has 0 aliphatic heterocycles. The molecule has 9 heteroatoms. The smallest absolute Gasteiger partial charge is 0.490 e. The van der Waals surface area contributed by atoms with Crippen molar-refractivity contribution < 1.29 is 203 Å². The molecular formula is C40H79O6Rb3. The summed E-state index contributed by atoms with van der Waals surface area (Å²) in [6, 6.07) is 0. The van der Waals surface area contributed by atoms with Crippen LogP contribution in [0.15, 0.2) is 31.9 Å². The zero-order chi connectivity index (χ0) is 37.7. The van der Waals surface area contributed by atoms with E-state index >= 15 is 0 Å². The maximum absolute atomic E-state index is 10.0. The van der Waals surface area contributed by atoms with Crippen LogP contribution < -0.4 is 175 Å². The topological polar surface area (TPSA) is 78.9 Å². The fourth-order valence-corrected chi connectivity index (χ4v) is 2.90. The van der Waals surface area contributed by atoms with Gasteiger partial charge in [-0.3, -0.25) is 34.1 Å². The second-order valence-electron chi connectivity index (χ2n) is 7.63. The van der Waals surface area contributed by atoms with Gasteiger partial charge in [0.05, 0.1) is 19.8 Å². The maximum Gasteiger partial charge on any atom is 1.00 e. The van der Waals surface area contributed by atoms with Crippen LogP contribution >= 0.6 is 0 Å². The zero-order valence-electron chi connectivity index (χ0n) is 36.0. The fourth-order valence-electron chi connectivity index (χ4n) is 2.90. The predicted octanol–water partition coefficient (Wildman–Crippen LogP) is 3.39. The van der Waals surface area contributed by atoms with E-state index in [0.29, 0.717) is 19.8 Å². The molecule has 0 spiro atoms.